The lowest BCUT2D eigenvalue weighted by atomic mass is 10.3. The zero-order chi connectivity index (χ0) is 16.2. The van der Waals surface area contributed by atoms with E-state index in [9.17, 15) is 17.2 Å². The minimum absolute atomic E-state index is 0.110. The average Bonchev–Trinajstić information content (AvgIpc) is 2.32. The molecule has 0 aliphatic carbocycles. The van der Waals surface area contributed by atoms with Crippen LogP contribution < -0.4 is 9.46 Å². The maximum atomic E-state index is 12.4. The normalized spacial score (nSPS) is 13.3. The van der Waals surface area contributed by atoms with Crippen molar-refractivity contribution in [1.29, 1.82) is 0 Å². The molecule has 120 valence electrons. The second-order valence-corrected chi connectivity index (χ2v) is 7.65. The quantitative estimate of drug-likeness (QED) is 0.660. The Bertz CT molecular complexity index is 601. The molecule has 0 amide bonds. The van der Waals surface area contributed by atoms with Crippen LogP contribution in [0.15, 0.2) is 16.6 Å². The first-order chi connectivity index (χ1) is 9.64. The van der Waals surface area contributed by atoms with E-state index in [0.29, 0.717) is 0 Å². The van der Waals surface area contributed by atoms with Crippen LogP contribution in [-0.4, -0.2) is 26.7 Å². The highest BCUT2D eigenvalue weighted by Gasteiger charge is 2.21. The number of benzene rings is 1. The smallest absolute Gasteiger partial charge is 0.387 e. The summed E-state index contributed by atoms with van der Waals surface area (Å²) in [6, 6.07) is 2.51. The van der Waals surface area contributed by atoms with Crippen LogP contribution >= 0.6 is 39.1 Å². The van der Waals surface area contributed by atoms with Crippen LogP contribution in [0.4, 0.5) is 14.5 Å². The molecule has 0 aliphatic rings. The van der Waals surface area contributed by atoms with E-state index in [4.69, 9.17) is 23.2 Å². The Kier molecular flexibility index (Phi) is 6.96. The Hall–Kier alpha value is -0.310. The molecule has 21 heavy (non-hydrogen) atoms. The minimum atomic E-state index is -3.78. The highest BCUT2D eigenvalue weighted by molar-refractivity contribution is 9.10. The maximum Gasteiger partial charge on any atom is 0.387 e. The van der Waals surface area contributed by atoms with E-state index in [1.807, 2.05) is 0 Å². The summed E-state index contributed by atoms with van der Waals surface area (Å²) in [5.74, 6) is -0.738. The molecule has 0 saturated carbocycles. The topological polar surface area (TPSA) is 55.4 Å². The van der Waals surface area contributed by atoms with Crippen molar-refractivity contribution < 1.29 is 21.9 Å². The molecular formula is C11H12BrCl2F2NO3S. The third-order valence-electron chi connectivity index (χ3n) is 2.25. The lowest BCUT2D eigenvalue weighted by Gasteiger charge is -2.16. The van der Waals surface area contributed by atoms with Crippen molar-refractivity contribution in [3.05, 3.63) is 21.6 Å². The zero-order valence-electron chi connectivity index (χ0n) is 10.7. The lowest BCUT2D eigenvalue weighted by molar-refractivity contribution is -0.0498. The average molecular weight is 427 g/mol. The maximum absolute atomic E-state index is 12.4. The monoisotopic (exact) mass is 425 g/mol. The van der Waals surface area contributed by atoms with Gasteiger partial charge in [-0.2, -0.15) is 8.78 Å². The highest BCUT2D eigenvalue weighted by Crippen LogP contribution is 2.38. The fourth-order valence-corrected chi connectivity index (χ4v) is 4.05. The lowest BCUT2D eigenvalue weighted by Crippen LogP contribution is -2.22. The number of alkyl halides is 3. The number of nitrogens with one attached hydrogen (secondary N) is 1. The molecule has 0 radical (unpaired) electrons. The summed E-state index contributed by atoms with van der Waals surface area (Å²) < 4.78 is 55.3. The third-order valence-corrected chi connectivity index (χ3v) is 5.12. The number of anilines is 1. The number of halogens is 5. The van der Waals surface area contributed by atoms with Gasteiger partial charge in [0.2, 0.25) is 10.0 Å². The fraction of sp³-hybridized carbons (Fsp3) is 0.455. The van der Waals surface area contributed by atoms with Gasteiger partial charge in [0.1, 0.15) is 0 Å². The van der Waals surface area contributed by atoms with Gasteiger partial charge in [0, 0.05) is 10.9 Å². The second-order valence-electron chi connectivity index (χ2n) is 4.29. The molecule has 0 fully saturated rings. The van der Waals surface area contributed by atoms with Crippen molar-refractivity contribution in [1.82, 2.24) is 0 Å². The second kappa shape index (κ2) is 7.80. The third kappa shape index (κ3) is 6.14. The van der Waals surface area contributed by atoms with Gasteiger partial charge in [-0.3, -0.25) is 4.72 Å². The summed E-state index contributed by atoms with van der Waals surface area (Å²) in [7, 11) is -3.78. The largest absolute Gasteiger partial charge is 0.431 e. The fourth-order valence-electron chi connectivity index (χ4n) is 1.47. The molecule has 0 heterocycles. The Morgan fingerprint density at radius 2 is 2.05 bits per heavy atom. The van der Waals surface area contributed by atoms with Gasteiger partial charge in [-0.1, -0.05) is 18.5 Å². The van der Waals surface area contributed by atoms with Crippen LogP contribution in [0.3, 0.4) is 0 Å². The van der Waals surface area contributed by atoms with Crippen LogP contribution in [0, 0.1) is 5.92 Å². The van der Waals surface area contributed by atoms with Gasteiger partial charge in [-0.25, -0.2) is 8.42 Å². The van der Waals surface area contributed by atoms with Crippen LogP contribution in [0.5, 0.6) is 5.75 Å². The molecule has 0 aromatic heterocycles. The molecule has 1 aromatic carbocycles. The van der Waals surface area contributed by atoms with E-state index >= 15 is 0 Å². The molecule has 1 unspecified atom stereocenters. The van der Waals surface area contributed by atoms with Crippen molar-refractivity contribution in [3.63, 3.8) is 0 Å². The van der Waals surface area contributed by atoms with Gasteiger partial charge in [0.25, 0.3) is 0 Å². The summed E-state index contributed by atoms with van der Waals surface area (Å²) in [5.41, 5.74) is -0.170. The van der Waals surface area contributed by atoms with Gasteiger partial charge in [-0.15, -0.1) is 11.6 Å². The molecule has 1 N–H and O–H groups in total. The summed E-state index contributed by atoms with van der Waals surface area (Å²) >= 11 is 14.4. The minimum Gasteiger partial charge on any atom is -0.431 e. The molecule has 0 bridgehead atoms. The molecule has 0 aliphatic heterocycles. The van der Waals surface area contributed by atoms with Crippen molar-refractivity contribution in [3.8, 4) is 5.75 Å². The van der Waals surface area contributed by atoms with Crippen molar-refractivity contribution in [2.75, 3.05) is 16.4 Å². The first kappa shape index (κ1) is 18.7. The van der Waals surface area contributed by atoms with Gasteiger partial charge >= 0.3 is 6.61 Å². The number of hydrogen-bond donors (Lipinski definition) is 1. The van der Waals surface area contributed by atoms with Crippen LogP contribution in [-0.2, 0) is 10.0 Å². The zero-order valence-corrected chi connectivity index (χ0v) is 14.7. The number of sulfonamides is 1. The molecule has 10 heteroatoms. The van der Waals surface area contributed by atoms with Crippen LogP contribution in [0.25, 0.3) is 0 Å². The standard InChI is InChI=1S/C11H12BrCl2F2NO3S/c1-6(4-13)5-21(18,19)17-9-3-7(14)2-8(12)10(9)20-11(15)16/h2-3,6,11,17H,4-5H2,1H3. The Morgan fingerprint density at radius 1 is 1.43 bits per heavy atom. The van der Waals surface area contributed by atoms with Crippen molar-refractivity contribution >= 4 is 54.8 Å². The first-order valence-electron chi connectivity index (χ1n) is 5.65. The van der Waals surface area contributed by atoms with E-state index in [2.05, 4.69) is 25.4 Å². The molecule has 0 spiro atoms. The summed E-state index contributed by atoms with van der Waals surface area (Å²) in [6.45, 7) is -1.45. The first-order valence-corrected chi connectivity index (χ1v) is 9.00. The summed E-state index contributed by atoms with van der Waals surface area (Å²) in [6.07, 6.45) is 0. The van der Waals surface area contributed by atoms with Gasteiger partial charge in [0.05, 0.1) is 15.9 Å². The predicted octanol–water partition coefficient (Wildman–Crippen LogP) is 4.32. The molecule has 1 rings (SSSR count). The van der Waals surface area contributed by atoms with E-state index in [1.54, 1.807) is 6.92 Å². The molecule has 1 atom stereocenters. The molecule has 1 aromatic rings. The van der Waals surface area contributed by atoms with Crippen molar-refractivity contribution in [2.24, 2.45) is 5.92 Å². The molecular weight excluding hydrogens is 415 g/mol. The molecule has 0 saturated heterocycles. The van der Waals surface area contributed by atoms with Gasteiger partial charge < -0.3 is 4.74 Å². The van der Waals surface area contributed by atoms with E-state index in [-0.39, 0.29) is 38.5 Å². The SMILES string of the molecule is CC(CCl)CS(=O)(=O)Nc1cc(Cl)cc(Br)c1OC(F)F. The Labute approximate surface area is 139 Å². The number of ether oxygens (including phenoxy) is 1. The number of hydrogen-bond acceptors (Lipinski definition) is 3. The Balaban J connectivity index is 3.11. The Morgan fingerprint density at radius 3 is 2.57 bits per heavy atom. The highest BCUT2D eigenvalue weighted by atomic mass is 79.9. The van der Waals surface area contributed by atoms with Crippen molar-refractivity contribution in [2.45, 2.75) is 13.5 Å². The predicted molar refractivity (Wildman–Crippen MR) is 83.1 cm³/mol. The van der Waals surface area contributed by atoms with E-state index in [1.165, 1.54) is 12.1 Å². The van der Waals surface area contributed by atoms with Crippen LogP contribution in [0.2, 0.25) is 5.02 Å². The van der Waals surface area contributed by atoms with Crippen LogP contribution in [0.1, 0.15) is 6.92 Å². The number of rotatable bonds is 7. The van der Waals surface area contributed by atoms with E-state index in [0.717, 1.165) is 0 Å². The summed E-state index contributed by atoms with van der Waals surface area (Å²) in [4.78, 5) is 0. The molecule has 4 nitrogen and oxygen atoms in total. The summed E-state index contributed by atoms with van der Waals surface area (Å²) in [5, 5.41) is 0.159. The van der Waals surface area contributed by atoms with E-state index < -0.39 is 16.6 Å². The van der Waals surface area contributed by atoms with Gasteiger partial charge in [-0.05, 0) is 34.0 Å². The van der Waals surface area contributed by atoms with Gasteiger partial charge in [0.15, 0.2) is 5.75 Å².